The molecule has 5 heteroatoms. The summed E-state index contributed by atoms with van der Waals surface area (Å²) in [5.74, 6) is 1.34. The van der Waals surface area contributed by atoms with E-state index in [-0.39, 0.29) is 12.6 Å². The predicted molar refractivity (Wildman–Crippen MR) is 65.9 cm³/mol. The van der Waals surface area contributed by atoms with E-state index < -0.39 is 0 Å². The zero-order valence-electron chi connectivity index (χ0n) is 9.37. The molecule has 0 saturated carbocycles. The summed E-state index contributed by atoms with van der Waals surface area (Å²) in [7, 11) is 3.17. The second-order valence-electron chi connectivity index (χ2n) is 3.36. The van der Waals surface area contributed by atoms with E-state index in [1.54, 1.807) is 14.2 Å². The van der Waals surface area contributed by atoms with Crippen molar-refractivity contribution in [3.63, 3.8) is 0 Å². The Balaban J connectivity index is 3.11. The number of aliphatic hydroxyl groups excluding tert-OH is 1. The van der Waals surface area contributed by atoms with Gasteiger partial charge in [-0.2, -0.15) is 0 Å². The molecule has 0 aliphatic rings. The molecule has 1 atom stereocenters. The van der Waals surface area contributed by atoms with Crippen LogP contribution in [0.3, 0.4) is 0 Å². The SMILES string of the molecule is COc1cc([C@H](N)CCO)cc(OC)c1Br. The third-order valence-corrected chi connectivity index (χ3v) is 3.12. The van der Waals surface area contributed by atoms with E-state index in [0.717, 1.165) is 10.0 Å². The topological polar surface area (TPSA) is 64.7 Å². The zero-order chi connectivity index (χ0) is 12.1. The van der Waals surface area contributed by atoms with Crippen molar-refractivity contribution in [3.05, 3.63) is 22.2 Å². The summed E-state index contributed by atoms with van der Waals surface area (Å²) in [5, 5.41) is 8.85. The van der Waals surface area contributed by atoms with Crippen molar-refractivity contribution in [2.45, 2.75) is 12.5 Å². The van der Waals surface area contributed by atoms with E-state index in [1.807, 2.05) is 12.1 Å². The third-order valence-electron chi connectivity index (χ3n) is 2.34. The second-order valence-corrected chi connectivity index (χ2v) is 4.15. The molecule has 4 nitrogen and oxygen atoms in total. The fourth-order valence-corrected chi connectivity index (χ4v) is 1.96. The minimum absolute atomic E-state index is 0.0574. The Morgan fingerprint density at radius 1 is 1.31 bits per heavy atom. The molecule has 0 aliphatic heterocycles. The van der Waals surface area contributed by atoms with Crippen molar-refractivity contribution < 1.29 is 14.6 Å². The smallest absolute Gasteiger partial charge is 0.137 e. The summed E-state index contributed by atoms with van der Waals surface area (Å²) < 4.78 is 11.2. The largest absolute Gasteiger partial charge is 0.495 e. The van der Waals surface area contributed by atoms with Gasteiger partial charge in [0.15, 0.2) is 0 Å². The highest BCUT2D eigenvalue weighted by Crippen LogP contribution is 2.37. The van der Waals surface area contributed by atoms with Crippen LogP contribution in [0.1, 0.15) is 18.0 Å². The van der Waals surface area contributed by atoms with Crippen molar-refractivity contribution in [1.82, 2.24) is 0 Å². The third kappa shape index (κ3) is 2.87. The van der Waals surface area contributed by atoms with Gasteiger partial charge in [-0.25, -0.2) is 0 Å². The van der Waals surface area contributed by atoms with E-state index in [9.17, 15) is 0 Å². The Morgan fingerprint density at radius 3 is 2.19 bits per heavy atom. The lowest BCUT2D eigenvalue weighted by atomic mass is 10.0. The van der Waals surface area contributed by atoms with E-state index in [1.165, 1.54) is 0 Å². The molecule has 1 rings (SSSR count). The first-order chi connectivity index (χ1) is 7.63. The average molecular weight is 290 g/mol. The van der Waals surface area contributed by atoms with Gasteiger partial charge in [0.05, 0.1) is 14.2 Å². The number of rotatable bonds is 5. The molecule has 16 heavy (non-hydrogen) atoms. The highest BCUT2D eigenvalue weighted by atomic mass is 79.9. The Hall–Kier alpha value is -0.780. The predicted octanol–water partition coefficient (Wildman–Crippen LogP) is 1.85. The number of aliphatic hydroxyl groups is 1. The summed E-state index contributed by atoms with van der Waals surface area (Å²) in [6.07, 6.45) is 0.508. The lowest BCUT2D eigenvalue weighted by Gasteiger charge is -2.15. The highest BCUT2D eigenvalue weighted by molar-refractivity contribution is 9.10. The summed E-state index contributed by atoms with van der Waals surface area (Å²) >= 11 is 3.38. The number of nitrogens with two attached hydrogens (primary N) is 1. The number of benzene rings is 1. The molecule has 0 heterocycles. The van der Waals surface area contributed by atoms with Crippen LogP contribution in [0.5, 0.6) is 11.5 Å². The molecule has 0 radical (unpaired) electrons. The number of methoxy groups -OCH3 is 2. The van der Waals surface area contributed by atoms with Crippen LogP contribution in [0.15, 0.2) is 16.6 Å². The van der Waals surface area contributed by atoms with Crippen molar-refractivity contribution >= 4 is 15.9 Å². The molecular formula is C11H16BrNO3. The molecule has 90 valence electrons. The maximum Gasteiger partial charge on any atom is 0.137 e. The molecule has 0 spiro atoms. The molecule has 1 aromatic carbocycles. The molecule has 1 aromatic rings. The Bertz CT molecular complexity index is 332. The van der Waals surface area contributed by atoms with Gasteiger partial charge in [0.25, 0.3) is 0 Å². The molecule has 0 bridgehead atoms. The zero-order valence-corrected chi connectivity index (χ0v) is 11.0. The molecule has 0 unspecified atom stereocenters. The van der Waals surface area contributed by atoms with Crippen LogP contribution in [-0.4, -0.2) is 25.9 Å². The normalized spacial score (nSPS) is 12.3. The molecule has 0 saturated heterocycles. The van der Waals surface area contributed by atoms with Gasteiger partial charge >= 0.3 is 0 Å². The van der Waals surface area contributed by atoms with E-state index >= 15 is 0 Å². The second kappa shape index (κ2) is 6.08. The van der Waals surface area contributed by atoms with E-state index in [4.69, 9.17) is 20.3 Å². The van der Waals surface area contributed by atoms with Crippen LogP contribution < -0.4 is 15.2 Å². The monoisotopic (exact) mass is 289 g/mol. The van der Waals surface area contributed by atoms with Crippen molar-refractivity contribution in [2.24, 2.45) is 5.73 Å². The minimum Gasteiger partial charge on any atom is -0.495 e. The molecule has 0 aliphatic carbocycles. The number of hydrogen-bond donors (Lipinski definition) is 2. The first-order valence-corrected chi connectivity index (χ1v) is 5.71. The summed E-state index contributed by atoms with van der Waals surface area (Å²) in [6, 6.07) is 3.46. The first kappa shape index (κ1) is 13.3. The van der Waals surface area contributed by atoms with Gasteiger partial charge in [0, 0.05) is 12.6 Å². The number of halogens is 1. The van der Waals surface area contributed by atoms with Gasteiger partial charge in [-0.1, -0.05) is 0 Å². The maximum atomic E-state index is 8.85. The quantitative estimate of drug-likeness (QED) is 0.868. The molecule has 0 amide bonds. The van der Waals surface area contributed by atoms with E-state index in [2.05, 4.69) is 15.9 Å². The Labute approximate surface area is 103 Å². The summed E-state index contributed by atoms with van der Waals surface area (Å²) in [5.41, 5.74) is 6.80. The molecule has 3 N–H and O–H groups in total. The maximum absolute atomic E-state index is 8.85. The Kier molecular flexibility index (Phi) is 5.05. The van der Waals surface area contributed by atoms with Crippen molar-refractivity contribution in [2.75, 3.05) is 20.8 Å². The van der Waals surface area contributed by atoms with Gasteiger partial charge in [-0.15, -0.1) is 0 Å². The fourth-order valence-electron chi connectivity index (χ4n) is 1.41. The van der Waals surface area contributed by atoms with Gasteiger partial charge in [0.2, 0.25) is 0 Å². The molecule has 0 aromatic heterocycles. The van der Waals surface area contributed by atoms with Crippen LogP contribution in [0, 0.1) is 0 Å². The number of hydrogen-bond acceptors (Lipinski definition) is 4. The van der Waals surface area contributed by atoms with Gasteiger partial charge in [-0.05, 0) is 40.0 Å². The minimum atomic E-state index is -0.221. The van der Waals surface area contributed by atoms with Crippen LogP contribution in [0.4, 0.5) is 0 Å². The lowest BCUT2D eigenvalue weighted by Crippen LogP contribution is -2.12. The summed E-state index contributed by atoms with van der Waals surface area (Å²) in [4.78, 5) is 0. The Morgan fingerprint density at radius 2 is 1.81 bits per heavy atom. The molecule has 0 fully saturated rings. The van der Waals surface area contributed by atoms with Crippen molar-refractivity contribution in [1.29, 1.82) is 0 Å². The van der Waals surface area contributed by atoms with Gasteiger partial charge in [0.1, 0.15) is 16.0 Å². The van der Waals surface area contributed by atoms with Gasteiger partial charge < -0.3 is 20.3 Å². The number of ether oxygens (including phenoxy) is 2. The van der Waals surface area contributed by atoms with Crippen LogP contribution in [-0.2, 0) is 0 Å². The summed E-state index contributed by atoms with van der Waals surface area (Å²) in [6.45, 7) is 0.0574. The average Bonchev–Trinajstić information content (AvgIpc) is 2.29. The highest BCUT2D eigenvalue weighted by Gasteiger charge is 2.13. The van der Waals surface area contributed by atoms with Crippen LogP contribution in [0.25, 0.3) is 0 Å². The van der Waals surface area contributed by atoms with Crippen molar-refractivity contribution in [3.8, 4) is 11.5 Å². The standard InChI is InChI=1S/C11H16BrNO3/c1-15-9-5-7(8(13)3-4-14)6-10(16-2)11(9)12/h5-6,8,14H,3-4,13H2,1-2H3/t8-/m1/s1. The van der Waals surface area contributed by atoms with E-state index in [0.29, 0.717) is 17.9 Å². The van der Waals surface area contributed by atoms with Crippen LogP contribution >= 0.6 is 15.9 Å². The molecular weight excluding hydrogens is 274 g/mol. The first-order valence-electron chi connectivity index (χ1n) is 4.91. The van der Waals surface area contributed by atoms with Gasteiger partial charge in [-0.3, -0.25) is 0 Å². The lowest BCUT2D eigenvalue weighted by molar-refractivity contribution is 0.276. The van der Waals surface area contributed by atoms with Crippen LogP contribution in [0.2, 0.25) is 0 Å². The fraction of sp³-hybridized carbons (Fsp3) is 0.455.